The minimum absolute atomic E-state index is 0. The van der Waals surface area contributed by atoms with Gasteiger partial charge in [-0.1, -0.05) is 0 Å². The minimum atomic E-state index is -1.12. The summed E-state index contributed by atoms with van der Waals surface area (Å²) in [4.78, 5) is 19.7. The smallest absolute Gasteiger partial charge is 0.550 e. The maximum Gasteiger partial charge on any atom is 1.00 e. The Balaban J connectivity index is -0.000000405. The molecule has 0 saturated carbocycles. The molecule has 0 fully saturated rings. The molecule has 0 atom stereocenters. The van der Waals surface area contributed by atoms with Gasteiger partial charge in [0, 0.05) is 12.4 Å². The molecule has 4 N–H and O–H groups in total. The Kier molecular flexibility index (Phi) is 15.4. The van der Waals surface area contributed by atoms with Gasteiger partial charge in [0.1, 0.15) is 0 Å². The van der Waals surface area contributed by atoms with Gasteiger partial charge in [-0.15, -0.1) is 0 Å². The summed E-state index contributed by atoms with van der Waals surface area (Å²) in [6.07, 6.45) is 0.776. The summed E-state index contributed by atoms with van der Waals surface area (Å²) in [6, 6.07) is 0. The third-order valence-electron chi connectivity index (χ3n) is 1.02. The number of hydrogen-bond donors (Lipinski definition) is 2. The van der Waals surface area contributed by atoms with E-state index in [4.69, 9.17) is 5.11 Å². The van der Waals surface area contributed by atoms with Crippen LogP contribution in [-0.2, 0) is 29.1 Å². The van der Waals surface area contributed by atoms with Crippen molar-refractivity contribution >= 4 is 11.9 Å². The first-order chi connectivity index (χ1) is 4.63. The topological polar surface area (TPSA) is 112 Å². The molecule has 12 heavy (non-hydrogen) atoms. The van der Waals surface area contributed by atoms with Crippen LogP contribution in [0.3, 0.4) is 0 Å². The zero-order chi connectivity index (χ0) is 7.98. The fraction of sp³-hybridized carbons (Fsp3) is 0.667. The quantitative estimate of drug-likeness (QED) is 0.487. The van der Waals surface area contributed by atoms with Gasteiger partial charge in [0.25, 0.3) is 0 Å². The fourth-order valence-corrected chi connectivity index (χ4v) is 0.546. The van der Waals surface area contributed by atoms with E-state index in [-0.39, 0.29) is 38.5 Å². The van der Waals surface area contributed by atoms with Crippen LogP contribution in [-0.4, -0.2) is 17.0 Å². The monoisotopic (exact) mass is 226 g/mol. The van der Waals surface area contributed by atoms with Gasteiger partial charge in [-0.25, -0.2) is 0 Å². The number of carboxylic acid groups (broad SMARTS) is 2. The van der Waals surface area contributed by atoms with Crippen LogP contribution >= 0.6 is 0 Å². The van der Waals surface area contributed by atoms with Crippen molar-refractivity contribution in [2.45, 2.75) is 25.7 Å². The Bertz CT molecular complexity index is 124. The van der Waals surface area contributed by atoms with Crippen LogP contribution < -0.4 is 11.3 Å². The minimum Gasteiger partial charge on any atom is -0.550 e. The molecular formula is C6H12NO4Zn. The van der Waals surface area contributed by atoms with Crippen molar-refractivity contribution in [3.63, 3.8) is 0 Å². The molecule has 0 aliphatic carbocycles. The molecule has 0 aliphatic rings. The third-order valence-corrected chi connectivity index (χ3v) is 1.02. The second-order valence-corrected chi connectivity index (χ2v) is 1.97. The van der Waals surface area contributed by atoms with Crippen molar-refractivity contribution in [2.75, 3.05) is 0 Å². The van der Waals surface area contributed by atoms with E-state index in [1.807, 2.05) is 0 Å². The first-order valence-electron chi connectivity index (χ1n) is 3.04. The van der Waals surface area contributed by atoms with Gasteiger partial charge in [0.15, 0.2) is 0 Å². The standard InChI is InChI=1S/C6H10O4.H3N.Zn/c7-5(8)3-1-2-4-6(9)10;;/h1-4H2,(H,7,8)(H,9,10);1H3;/q;;+1/p-1. The van der Waals surface area contributed by atoms with Gasteiger partial charge in [-0.05, 0) is 19.3 Å². The van der Waals surface area contributed by atoms with Crippen molar-refractivity contribution in [3.8, 4) is 0 Å². The predicted molar refractivity (Wildman–Crippen MR) is 36.1 cm³/mol. The largest absolute Gasteiger partial charge is 1.00 e. The van der Waals surface area contributed by atoms with Gasteiger partial charge in [-0.3, -0.25) is 4.79 Å². The average Bonchev–Trinajstić information content (AvgIpc) is 1.79. The van der Waals surface area contributed by atoms with Gasteiger partial charge in [0.2, 0.25) is 0 Å². The van der Waals surface area contributed by atoms with Gasteiger partial charge < -0.3 is 21.2 Å². The van der Waals surface area contributed by atoms with E-state index < -0.39 is 11.9 Å². The normalized spacial score (nSPS) is 7.67. The van der Waals surface area contributed by atoms with Crippen LogP contribution in [0.4, 0.5) is 0 Å². The molecule has 0 rings (SSSR count). The molecule has 0 aromatic carbocycles. The molecule has 0 unspecified atom stereocenters. The van der Waals surface area contributed by atoms with Crippen molar-refractivity contribution in [1.29, 1.82) is 0 Å². The van der Waals surface area contributed by atoms with Crippen molar-refractivity contribution in [1.82, 2.24) is 6.15 Å². The van der Waals surface area contributed by atoms with Crippen LogP contribution in [0.5, 0.6) is 0 Å². The Morgan fingerprint density at radius 2 is 1.58 bits per heavy atom. The van der Waals surface area contributed by atoms with Crippen molar-refractivity contribution < 1.29 is 39.3 Å². The number of hydrogen-bond acceptors (Lipinski definition) is 4. The van der Waals surface area contributed by atoms with Gasteiger partial charge >= 0.3 is 25.4 Å². The summed E-state index contributed by atoms with van der Waals surface area (Å²) in [7, 11) is 0. The number of carboxylic acids is 2. The summed E-state index contributed by atoms with van der Waals surface area (Å²) in [5.74, 6) is -2.01. The second-order valence-electron chi connectivity index (χ2n) is 1.97. The summed E-state index contributed by atoms with van der Waals surface area (Å²) in [5, 5.41) is 17.9. The second kappa shape index (κ2) is 10.5. The zero-order valence-corrected chi connectivity index (χ0v) is 9.88. The van der Waals surface area contributed by atoms with Gasteiger partial charge in [0.05, 0.1) is 0 Å². The Hall–Kier alpha value is -0.477. The third kappa shape index (κ3) is 16.3. The molecule has 0 heterocycles. The summed E-state index contributed by atoms with van der Waals surface area (Å²) < 4.78 is 0. The molecule has 0 aliphatic heterocycles. The van der Waals surface area contributed by atoms with E-state index in [0.717, 1.165) is 0 Å². The first-order valence-corrected chi connectivity index (χ1v) is 3.04. The van der Waals surface area contributed by atoms with Crippen LogP contribution in [0.1, 0.15) is 25.7 Å². The van der Waals surface area contributed by atoms with E-state index in [0.29, 0.717) is 12.8 Å². The predicted octanol–water partition coefficient (Wildman–Crippen LogP) is -0.459. The zero-order valence-electron chi connectivity index (χ0n) is 6.91. The fourth-order valence-electron chi connectivity index (χ4n) is 0.546. The Labute approximate surface area is 83.5 Å². The Morgan fingerprint density at radius 3 is 1.92 bits per heavy atom. The summed E-state index contributed by atoms with van der Waals surface area (Å²) in [6.45, 7) is 0. The number of unbranched alkanes of at least 4 members (excludes halogenated alkanes) is 1. The molecule has 5 nitrogen and oxygen atoms in total. The molecule has 6 heteroatoms. The number of rotatable bonds is 5. The molecule has 67 valence electrons. The van der Waals surface area contributed by atoms with E-state index in [1.165, 1.54) is 0 Å². The molecule has 0 aromatic heterocycles. The molecule has 0 saturated heterocycles. The number of aliphatic carboxylic acids is 2. The van der Waals surface area contributed by atoms with E-state index >= 15 is 0 Å². The van der Waals surface area contributed by atoms with E-state index in [9.17, 15) is 14.7 Å². The van der Waals surface area contributed by atoms with Gasteiger partial charge in [-0.2, -0.15) is 0 Å². The molecule has 0 amide bonds. The summed E-state index contributed by atoms with van der Waals surface area (Å²) >= 11 is 0. The maximum absolute atomic E-state index is 9.88. The molecule has 1 radical (unpaired) electrons. The number of carbonyl (C=O) groups excluding carboxylic acids is 1. The maximum atomic E-state index is 9.88. The van der Waals surface area contributed by atoms with Crippen LogP contribution in [0.15, 0.2) is 0 Å². The molecule has 0 spiro atoms. The van der Waals surface area contributed by atoms with E-state index in [2.05, 4.69) is 0 Å². The first kappa shape index (κ1) is 17.6. The molecule has 0 aromatic rings. The van der Waals surface area contributed by atoms with Crippen LogP contribution in [0, 0.1) is 0 Å². The Morgan fingerprint density at radius 1 is 1.17 bits per heavy atom. The number of carbonyl (C=O) groups is 2. The molecule has 0 bridgehead atoms. The SMILES string of the molecule is N.O=C([O-])CCCCC(=O)O.[Zn+]. The average molecular weight is 228 g/mol. The van der Waals surface area contributed by atoms with Crippen molar-refractivity contribution in [3.05, 3.63) is 0 Å². The molecular weight excluding hydrogens is 215 g/mol. The van der Waals surface area contributed by atoms with Crippen LogP contribution in [0.2, 0.25) is 0 Å². The van der Waals surface area contributed by atoms with Crippen molar-refractivity contribution in [2.24, 2.45) is 0 Å². The van der Waals surface area contributed by atoms with Crippen LogP contribution in [0.25, 0.3) is 0 Å². The van der Waals surface area contributed by atoms with E-state index in [1.54, 1.807) is 0 Å². The summed E-state index contributed by atoms with van der Waals surface area (Å²) in [5.41, 5.74) is 0.